The second-order valence-corrected chi connectivity index (χ2v) is 5.87. The maximum Gasteiger partial charge on any atom is 0.120 e. The molecular weight excluding hydrogens is 308 g/mol. The summed E-state index contributed by atoms with van der Waals surface area (Å²) in [4.78, 5) is 0. The third-order valence-corrected chi connectivity index (χ3v) is 3.68. The monoisotopic (exact) mass is 330 g/mol. The number of rotatable bonds is 10. The van der Waals surface area contributed by atoms with Crippen LogP contribution in [0, 0.1) is 0 Å². The summed E-state index contributed by atoms with van der Waals surface area (Å²) >= 11 is 7.65. The highest BCUT2D eigenvalue weighted by atomic mass is 79.9. The maximum atomic E-state index is 5.69. The van der Waals surface area contributed by atoms with Crippen molar-refractivity contribution in [2.45, 2.75) is 44.9 Å². The Morgan fingerprint density at radius 1 is 0.944 bits per heavy atom. The van der Waals surface area contributed by atoms with Crippen LogP contribution < -0.4 is 4.74 Å². The largest absolute Gasteiger partial charge is 0.494 e. The minimum absolute atomic E-state index is 0.826. The van der Waals surface area contributed by atoms with Crippen molar-refractivity contribution in [3.63, 3.8) is 0 Å². The topological polar surface area (TPSA) is 9.23 Å². The lowest BCUT2D eigenvalue weighted by Gasteiger charge is -2.06. The summed E-state index contributed by atoms with van der Waals surface area (Å²) in [5.41, 5.74) is 0. The van der Waals surface area contributed by atoms with E-state index < -0.39 is 0 Å². The quantitative estimate of drug-likeness (QED) is 0.441. The molecule has 0 radical (unpaired) electrons. The second kappa shape index (κ2) is 10.7. The van der Waals surface area contributed by atoms with E-state index in [2.05, 4.69) is 28.6 Å². The van der Waals surface area contributed by atoms with Crippen molar-refractivity contribution in [2.75, 3.05) is 12.4 Å². The minimum Gasteiger partial charge on any atom is -0.494 e. The zero-order valence-electron chi connectivity index (χ0n) is 10.9. The Bertz CT molecular complexity index is 317. The van der Waals surface area contributed by atoms with Crippen LogP contribution in [0.15, 0.2) is 28.7 Å². The van der Waals surface area contributed by atoms with Crippen molar-refractivity contribution >= 4 is 28.6 Å². The lowest BCUT2D eigenvalue weighted by molar-refractivity contribution is 0.304. The molecule has 0 aliphatic heterocycles. The number of benzene rings is 1. The number of hydrogen-bond acceptors (Lipinski definition) is 2. The van der Waals surface area contributed by atoms with Crippen molar-refractivity contribution in [2.24, 2.45) is 0 Å². The van der Waals surface area contributed by atoms with Crippen molar-refractivity contribution in [1.29, 1.82) is 0 Å². The molecule has 1 aromatic rings. The Morgan fingerprint density at radius 3 is 2.28 bits per heavy atom. The molecule has 0 aromatic heterocycles. The van der Waals surface area contributed by atoms with Crippen LogP contribution in [0.3, 0.4) is 0 Å². The third kappa shape index (κ3) is 8.04. The molecule has 0 heterocycles. The van der Waals surface area contributed by atoms with Gasteiger partial charge in [0.25, 0.3) is 0 Å². The molecule has 1 rings (SSSR count). The molecule has 0 N–H and O–H groups in total. The third-order valence-electron chi connectivity index (χ3n) is 2.87. The van der Waals surface area contributed by atoms with E-state index >= 15 is 0 Å². The molecule has 18 heavy (non-hydrogen) atoms. The molecule has 0 saturated heterocycles. The fraction of sp³-hybridized carbons (Fsp3) is 0.600. The van der Waals surface area contributed by atoms with E-state index in [1.807, 2.05) is 24.3 Å². The van der Waals surface area contributed by atoms with E-state index in [1.165, 1.54) is 38.5 Å². The van der Waals surface area contributed by atoms with Crippen molar-refractivity contribution in [3.05, 3.63) is 28.7 Å². The molecule has 102 valence electrons. The fourth-order valence-electron chi connectivity index (χ4n) is 1.84. The van der Waals surface area contributed by atoms with Gasteiger partial charge in [-0.05, 0) is 36.8 Å². The lowest BCUT2D eigenvalue weighted by atomic mass is 10.1. The van der Waals surface area contributed by atoms with Crippen LogP contribution in [0.2, 0.25) is 0 Å². The predicted molar refractivity (Wildman–Crippen MR) is 85.8 cm³/mol. The molecule has 0 aliphatic rings. The van der Waals surface area contributed by atoms with Crippen molar-refractivity contribution in [1.82, 2.24) is 0 Å². The average molecular weight is 331 g/mol. The van der Waals surface area contributed by atoms with Gasteiger partial charge in [0, 0.05) is 4.47 Å². The first kappa shape index (κ1) is 15.9. The van der Waals surface area contributed by atoms with Gasteiger partial charge in [0.05, 0.1) is 6.61 Å². The van der Waals surface area contributed by atoms with E-state index in [9.17, 15) is 0 Å². The standard InChI is InChI=1S/C15H23BrOS/c16-14-9-8-10-15(13-14)17-11-6-4-2-1-3-5-7-12-18/h8-10,13,18H,1-7,11-12H2. The molecule has 0 aliphatic carbocycles. The Hall–Kier alpha value is -0.150. The fourth-order valence-corrected chi connectivity index (χ4v) is 2.45. The molecule has 1 aromatic carbocycles. The van der Waals surface area contributed by atoms with Gasteiger partial charge in [0.2, 0.25) is 0 Å². The Labute approximate surface area is 125 Å². The Kier molecular flexibility index (Phi) is 9.49. The zero-order valence-corrected chi connectivity index (χ0v) is 13.4. The van der Waals surface area contributed by atoms with E-state index in [1.54, 1.807) is 0 Å². The molecule has 0 spiro atoms. The summed E-state index contributed by atoms with van der Waals surface area (Å²) in [6, 6.07) is 8.03. The van der Waals surface area contributed by atoms with Crippen LogP contribution in [0.5, 0.6) is 5.75 Å². The van der Waals surface area contributed by atoms with Gasteiger partial charge in [-0.2, -0.15) is 12.6 Å². The van der Waals surface area contributed by atoms with Gasteiger partial charge in [-0.3, -0.25) is 0 Å². The summed E-state index contributed by atoms with van der Waals surface area (Å²) in [6.45, 7) is 0.826. The molecule has 3 heteroatoms. The van der Waals surface area contributed by atoms with Crippen LogP contribution in [0.4, 0.5) is 0 Å². The molecule has 0 bridgehead atoms. The highest BCUT2D eigenvalue weighted by Gasteiger charge is 1.95. The Balaban J connectivity index is 1.92. The number of unbranched alkanes of at least 4 members (excludes halogenated alkanes) is 6. The van der Waals surface area contributed by atoms with E-state index in [0.717, 1.165) is 29.0 Å². The van der Waals surface area contributed by atoms with Crippen LogP contribution in [0.1, 0.15) is 44.9 Å². The summed E-state index contributed by atoms with van der Waals surface area (Å²) in [7, 11) is 0. The first-order valence-corrected chi connectivity index (χ1v) is 8.24. The normalized spacial score (nSPS) is 10.6. The van der Waals surface area contributed by atoms with Gasteiger partial charge < -0.3 is 4.74 Å². The highest BCUT2D eigenvalue weighted by Crippen LogP contribution is 2.18. The van der Waals surface area contributed by atoms with Crippen molar-refractivity contribution < 1.29 is 4.74 Å². The predicted octanol–water partition coefficient (Wildman–Crippen LogP) is 5.49. The number of hydrogen-bond donors (Lipinski definition) is 1. The van der Waals surface area contributed by atoms with Crippen LogP contribution in [-0.2, 0) is 0 Å². The van der Waals surface area contributed by atoms with Crippen LogP contribution in [-0.4, -0.2) is 12.4 Å². The lowest BCUT2D eigenvalue weighted by Crippen LogP contribution is -1.97. The van der Waals surface area contributed by atoms with Gasteiger partial charge >= 0.3 is 0 Å². The summed E-state index contributed by atoms with van der Waals surface area (Å²) in [6.07, 6.45) is 9.05. The highest BCUT2D eigenvalue weighted by molar-refractivity contribution is 9.10. The van der Waals surface area contributed by atoms with Gasteiger partial charge in [0.15, 0.2) is 0 Å². The molecule has 1 nitrogen and oxygen atoms in total. The number of halogens is 1. The number of ether oxygens (including phenoxy) is 1. The summed E-state index contributed by atoms with van der Waals surface area (Å²) in [5.74, 6) is 1.98. The summed E-state index contributed by atoms with van der Waals surface area (Å²) in [5, 5.41) is 0. The zero-order chi connectivity index (χ0) is 13.1. The maximum absolute atomic E-state index is 5.69. The molecule has 0 amide bonds. The first-order valence-electron chi connectivity index (χ1n) is 6.82. The van der Waals surface area contributed by atoms with Gasteiger partial charge in [-0.25, -0.2) is 0 Å². The molecular formula is C15H23BrOS. The Morgan fingerprint density at radius 2 is 1.61 bits per heavy atom. The molecule has 0 saturated carbocycles. The van der Waals surface area contributed by atoms with E-state index in [-0.39, 0.29) is 0 Å². The van der Waals surface area contributed by atoms with Gasteiger partial charge in [0.1, 0.15) is 5.75 Å². The molecule has 0 unspecified atom stereocenters. The van der Waals surface area contributed by atoms with Crippen LogP contribution >= 0.6 is 28.6 Å². The second-order valence-electron chi connectivity index (χ2n) is 4.50. The number of thiol groups is 1. The van der Waals surface area contributed by atoms with E-state index in [0.29, 0.717) is 0 Å². The first-order chi connectivity index (χ1) is 8.83. The molecule has 0 fully saturated rings. The van der Waals surface area contributed by atoms with Gasteiger partial charge in [-0.15, -0.1) is 0 Å². The summed E-state index contributed by atoms with van der Waals surface area (Å²) < 4.78 is 6.77. The minimum atomic E-state index is 0.826. The van der Waals surface area contributed by atoms with Crippen molar-refractivity contribution in [3.8, 4) is 5.75 Å². The SMILES string of the molecule is SCCCCCCCCCOc1cccc(Br)c1. The average Bonchev–Trinajstić information content (AvgIpc) is 2.37. The van der Waals surface area contributed by atoms with Crippen LogP contribution in [0.25, 0.3) is 0 Å². The van der Waals surface area contributed by atoms with E-state index in [4.69, 9.17) is 4.74 Å². The molecule has 0 atom stereocenters. The smallest absolute Gasteiger partial charge is 0.120 e. The van der Waals surface area contributed by atoms with Gasteiger partial charge in [-0.1, -0.05) is 54.1 Å².